The Morgan fingerprint density at radius 1 is 1.19 bits per heavy atom. The van der Waals surface area contributed by atoms with Gasteiger partial charge in [-0.25, -0.2) is 0 Å². The van der Waals surface area contributed by atoms with Gasteiger partial charge in [0.25, 0.3) is 0 Å². The maximum atomic E-state index is 6.30. The Bertz CT molecular complexity index is 494. The molecule has 0 aliphatic carbocycles. The summed E-state index contributed by atoms with van der Waals surface area (Å²) in [7, 11) is 0. The first-order valence-corrected chi connectivity index (χ1v) is 7.50. The molecule has 1 unspecified atom stereocenters. The van der Waals surface area contributed by atoms with Crippen molar-refractivity contribution in [2.24, 2.45) is 5.73 Å². The van der Waals surface area contributed by atoms with Crippen LogP contribution in [0.15, 0.2) is 16.6 Å². The van der Waals surface area contributed by atoms with E-state index < -0.39 is 0 Å². The van der Waals surface area contributed by atoms with Crippen LogP contribution in [0.25, 0.3) is 0 Å². The van der Waals surface area contributed by atoms with E-state index in [9.17, 15) is 0 Å². The summed E-state index contributed by atoms with van der Waals surface area (Å²) in [6, 6.07) is 4.34. The monoisotopic (exact) mass is 315 g/mol. The predicted octanol–water partition coefficient (Wildman–Crippen LogP) is 4.55. The molecule has 0 fully saturated rings. The van der Waals surface area contributed by atoms with E-state index in [0.717, 1.165) is 4.47 Å². The van der Waals surface area contributed by atoms with Gasteiger partial charge in [-0.3, -0.25) is 0 Å². The summed E-state index contributed by atoms with van der Waals surface area (Å²) < 4.78 is 1.13. The molecule has 0 aliphatic rings. The lowest BCUT2D eigenvalue weighted by atomic mass is 10.2. The van der Waals surface area contributed by atoms with Crippen molar-refractivity contribution in [3.8, 4) is 0 Å². The lowest BCUT2D eigenvalue weighted by Gasteiger charge is -2.07. The highest BCUT2D eigenvalue weighted by molar-refractivity contribution is 9.10. The standard InChI is InChI=1S/C12H14BrNS2/c1-6-4-10(16-8(6)3)11(14)12-9(13)5-7(2)15-12/h4-5,11H,14H2,1-3H3. The Kier molecular flexibility index (Phi) is 3.54. The van der Waals surface area contributed by atoms with Crippen LogP contribution in [0.5, 0.6) is 0 Å². The Labute approximate surface area is 112 Å². The molecule has 2 aromatic heterocycles. The summed E-state index contributed by atoms with van der Waals surface area (Å²) >= 11 is 7.14. The van der Waals surface area contributed by atoms with E-state index >= 15 is 0 Å². The van der Waals surface area contributed by atoms with Gasteiger partial charge in [0.15, 0.2) is 0 Å². The second-order valence-electron chi connectivity index (χ2n) is 3.93. The molecular formula is C12H14BrNS2. The molecule has 0 aromatic carbocycles. The molecule has 2 heterocycles. The fraction of sp³-hybridized carbons (Fsp3) is 0.333. The van der Waals surface area contributed by atoms with E-state index in [1.807, 2.05) is 0 Å². The number of rotatable bonds is 2. The Morgan fingerprint density at radius 3 is 2.31 bits per heavy atom. The van der Waals surface area contributed by atoms with E-state index in [-0.39, 0.29) is 6.04 Å². The van der Waals surface area contributed by atoms with Crippen LogP contribution in [0.1, 0.15) is 31.1 Å². The highest BCUT2D eigenvalue weighted by Crippen LogP contribution is 2.37. The van der Waals surface area contributed by atoms with E-state index in [4.69, 9.17) is 5.73 Å². The maximum Gasteiger partial charge on any atom is 0.0751 e. The minimum atomic E-state index is 0.00507. The first-order chi connectivity index (χ1) is 7.49. The molecule has 2 rings (SSSR count). The fourth-order valence-corrected chi connectivity index (χ4v) is 4.64. The Hall–Kier alpha value is -0.160. The number of nitrogens with two attached hydrogens (primary N) is 1. The van der Waals surface area contributed by atoms with Gasteiger partial charge in [0.1, 0.15) is 0 Å². The van der Waals surface area contributed by atoms with Gasteiger partial charge in [0, 0.05) is 24.0 Å². The van der Waals surface area contributed by atoms with Crippen LogP contribution < -0.4 is 5.73 Å². The average Bonchev–Trinajstić information content (AvgIpc) is 2.70. The van der Waals surface area contributed by atoms with E-state index in [0.29, 0.717) is 0 Å². The van der Waals surface area contributed by atoms with Crippen LogP contribution in [0.2, 0.25) is 0 Å². The smallest absolute Gasteiger partial charge is 0.0751 e. The van der Waals surface area contributed by atoms with Gasteiger partial charge in [-0.15, -0.1) is 22.7 Å². The number of halogens is 1. The quantitative estimate of drug-likeness (QED) is 0.864. The molecule has 1 nitrogen and oxygen atoms in total. The molecule has 0 amide bonds. The molecule has 0 saturated carbocycles. The van der Waals surface area contributed by atoms with Gasteiger partial charge in [-0.2, -0.15) is 0 Å². The SMILES string of the molecule is Cc1cc(Br)c(C(N)c2cc(C)c(C)s2)s1. The average molecular weight is 316 g/mol. The molecule has 2 N–H and O–H groups in total. The largest absolute Gasteiger partial charge is 0.319 e. The van der Waals surface area contributed by atoms with Crippen molar-refractivity contribution in [2.45, 2.75) is 26.8 Å². The molecule has 0 spiro atoms. The number of hydrogen-bond donors (Lipinski definition) is 1. The Balaban J connectivity index is 2.38. The molecular weight excluding hydrogens is 302 g/mol. The third-order valence-electron chi connectivity index (χ3n) is 2.61. The van der Waals surface area contributed by atoms with E-state index in [2.05, 4.69) is 48.8 Å². The summed E-state index contributed by atoms with van der Waals surface area (Å²) in [5.74, 6) is 0. The van der Waals surface area contributed by atoms with Crippen molar-refractivity contribution in [1.82, 2.24) is 0 Å². The highest BCUT2D eigenvalue weighted by atomic mass is 79.9. The van der Waals surface area contributed by atoms with Gasteiger partial charge in [-0.05, 0) is 54.4 Å². The van der Waals surface area contributed by atoms with Crippen LogP contribution in [0.3, 0.4) is 0 Å². The number of thiophene rings is 2. The van der Waals surface area contributed by atoms with Crippen LogP contribution in [0.4, 0.5) is 0 Å². The third kappa shape index (κ3) is 2.25. The second-order valence-corrected chi connectivity index (χ2v) is 7.37. The van der Waals surface area contributed by atoms with Crippen LogP contribution >= 0.6 is 38.6 Å². The molecule has 2 aromatic rings. The topological polar surface area (TPSA) is 26.0 Å². The van der Waals surface area contributed by atoms with Crippen molar-refractivity contribution < 1.29 is 0 Å². The summed E-state index contributed by atoms with van der Waals surface area (Å²) in [6.45, 7) is 6.39. The van der Waals surface area contributed by atoms with Gasteiger partial charge in [0.2, 0.25) is 0 Å². The zero-order valence-electron chi connectivity index (χ0n) is 9.50. The molecule has 1 atom stereocenters. The zero-order chi connectivity index (χ0) is 11.9. The summed E-state index contributed by atoms with van der Waals surface area (Å²) in [4.78, 5) is 5.12. The highest BCUT2D eigenvalue weighted by Gasteiger charge is 2.17. The van der Waals surface area contributed by atoms with E-state index in [1.54, 1.807) is 22.7 Å². The molecule has 0 saturated heterocycles. The Morgan fingerprint density at radius 2 is 1.88 bits per heavy atom. The fourth-order valence-electron chi connectivity index (χ4n) is 1.60. The normalized spacial score (nSPS) is 13.1. The van der Waals surface area contributed by atoms with Crippen LogP contribution in [-0.2, 0) is 0 Å². The van der Waals surface area contributed by atoms with Crippen LogP contribution in [-0.4, -0.2) is 0 Å². The third-order valence-corrected chi connectivity index (χ3v) is 5.90. The van der Waals surface area contributed by atoms with Crippen molar-refractivity contribution in [3.05, 3.63) is 41.7 Å². The second kappa shape index (κ2) is 4.61. The first kappa shape index (κ1) is 12.3. The van der Waals surface area contributed by atoms with Crippen molar-refractivity contribution >= 4 is 38.6 Å². The summed E-state index contributed by atoms with van der Waals surface area (Å²) in [5.41, 5.74) is 7.64. The minimum Gasteiger partial charge on any atom is -0.319 e. The van der Waals surface area contributed by atoms with Crippen molar-refractivity contribution in [2.75, 3.05) is 0 Å². The van der Waals surface area contributed by atoms with Gasteiger partial charge in [0.05, 0.1) is 6.04 Å². The molecule has 0 aliphatic heterocycles. The molecule has 0 radical (unpaired) electrons. The zero-order valence-corrected chi connectivity index (χ0v) is 12.7. The number of hydrogen-bond acceptors (Lipinski definition) is 3. The summed E-state index contributed by atoms with van der Waals surface area (Å²) in [5, 5.41) is 0. The van der Waals surface area contributed by atoms with Gasteiger partial charge in [-0.1, -0.05) is 0 Å². The van der Waals surface area contributed by atoms with E-state index in [1.165, 1.54) is 25.1 Å². The van der Waals surface area contributed by atoms with Gasteiger partial charge < -0.3 is 5.73 Å². The minimum absolute atomic E-state index is 0.00507. The van der Waals surface area contributed by atoms with Crippen molar-refractivity contribution in [1.29, 1.82) is 0 Å². The lowest BCUT2D eigenvalue weighted by molar-refractivity contribution is 0.911. The number of aryl methyl sites for hydroxylation is 3. The maximum absolute atomic E-state index is 6.30. The van der Waals surface area contributed by atoms with Crippen molar-refractivity contribution in [3.63, 3.8) is 0 Å². The lowest BCUT2D eigenvalue weighted by Crippen LogP contribution is -2.08. The first-order valence-electron chi connectivity index (χ1n) is 5.07. The molecule has 86 valence electrons. The molecule has 0 bridgehead atoms. The molecule has 16 heavy (non-hydrogen) atoms. The van der Waals surface area contributed by atoms with Gasteiger partial charge >= 0.3 is 0 Å². The molecule has 4 heteroatoms. The van der Waals surface area contributed by atoms with Crippen LogP contribution in [0, 0.1) is 20.8 Å². The summed E-state index contributed by atoms with van der Waals surface area (Å²) in [6.07, 6.45) is 0. The predicted molar refractivity (Wildman–Crippen MR) is 76.6 cm³/mol.